The molecule has 0 nitrogen and oxygen atoms in total. The van der Waals surface area contributed by atoms with E-state index < -0.39 is 0 Å². The lowest BCUT2D eigenvalue weighted by Gasteiger charge is -2.05. The predicted molar refractivity (Wildman–Crippen MR) is 92.4 cm³/mol. The van der Waals surface area contributed by atoms with E-state index in [-0.39, 0.29) is 5.82 Å². The maximum atomic E-state index is 14.3. The summed E-state index contributed by atoms with van der Waals surface area (Å²) in [5.74, 6) is -0.200. The van der Waals surface area contributed by atoms with Gasteiger partial charge in [-0.25, -0.2) is 4.39 Å². The zero-order valence-electron chi connectivity index (χ0n) is 10.9. The lowest BCUT2D eigenvalue weighted by atomic mass is 10.0. The molecule has 21 heavy (non-hydrogen) atoms. The van der Waals surface area contributed by atoms with Crippen LogP contribution in [0.5, 0.6) is 0 Å². The highest BCUT2D eigenvalue weighted by molar-refractivity contribution is 9.10. The van der Waals surface area contributed by atoms with Crippen LogP contribution in [0.3, 0.4) is 0 Å². The molecule has 1 aromatic heterocycles. The van der Waals surface area contributed by atoms with Gasteiger partial charge in [0.15, 0.2) is 0 Å². The molecule has 0 aliphatic rings. The maximum absolute atomic E-state index is 14.3. The normalized spacial score (nSPS) is 11.3. The maximum Gasteiger partial charge on any atom is 0.132 e. The topological polar surface area (TPSA) is 0 Å². The van der Waals surface area contributed by atoms with E-state index in [0.29, 0.717) is 5.56 Å². The molecule has 0 unspecified atom stereocenters. The van der Waals surface area contributed by atoms with Crippen molar-refractivity contribution in [1.82, 2.24) is 0 Å². The number of hydrogen-bond acceptors (Lipinski definition) is 1. The van der Waals surface area contributed by atoms with Crippen LogP contribution in [0.15, 0.2) is 65.1 Å². The Kier molecular flexibility index (Phi) is 3.05. The minimum absolute atomic E-state index is 0.200. The minimum atomic E-state index is -0.200. The number of rotatable bonds is 1. The first kappa shape index (κ1) is 13.0. The Balaban J connectivity index is 2.09. The number of fused-ring (bicyclic) bond motifs is 3. The fraction of sp³-hybridized carbons (Fsp3) is 0. The summed E-state index contributed by atoms with van der Waals surface area (Å²) in [7, 11) is 0. The highest BCUT2D eigenvalue weighted by Crippen LogP contribution is 2.40. The molecule has 102 valence electrons. The van der Waals surface area contributed by atoms with Crippen LogP contribution < -0.4 is 0 Å². The number of hydrogen-bond donors (Lipinski definition) is 0. The monoisotopic (exact) mass is 356 g/mol. The number of benzene rings is 3. The van der Waals surface area contributed by atoms with Gasteiger partial charge < -0.3 is 0 Å². The van der Waals surface area contributed by atoms with Crippen LogP contribution in [-0.2, 0) is 0 Å². The van der Waals surface area contributed by atoms with Crippen molar-refractivity contribution in [3.8, 4) is 11.1 Å². The lowest BCUT2D eigenvalue weighted by Crippen LogP contribution is -1.84. The van der Waals surface area contributed by atoms with Gasteiger partial charge in [-0.05, 0) is 18.2 Å². The Morgan fingerprint density at radius 1 is 0.810 bits per heavy atom. The van der Waals surface area contributed by atoms with Crippen LogP contribution >= 0.6 is 27.3 Å². The van der Waals surface area contributed by atoms with Gasteiger partial charge in [-0.3, -0.25) is 0 Å². The third-order valence-corrected chi connectivity index (χ3v) is 5.34. The van der Waals surface area contributed by atoms with Crippen LogP contribution in [0, 0.1) is 5.82 Å². The van der Waals surface area contributed by atoms with Crippen LogP contribution in [0.4, 0.5) is 4.39 Å². The van der Waals surface area contributed by atoms with Gasteiger partial charge in [-0.1, -0.05) is 58.4 Å². The smallest absolute Gasteiger partial charge is 0.132 e. The molecular formula is C18H10BrFS. The van der Waals surface area contributed by atoms with E-state index in [0.717, 1.165) is 14.7 Å². The highest BCUT2D eigenvalue weighted by Gasteiger charge is 2.12. The van der Waals surface area contributed by atoms with Gasteiger partial charge >= 0.3 is 0 Å². The van der Waals surface area contributed by atoms with Gasteiger partial charge in [0.2, 0.25) is 0 Å². The van der Waals surface area contributed by atoms with Gasteiger partial charge in [0, 0.05) is 35.8 Å². The van der Waals surface area contributed by atoms with Crippen molar-refractivity contribution in [2.24, 2.45) is 0 Å². The van der Waals surface area contributed by atoms with Gasteiger partial charge in [0.1, 0.15) is 5.82 Å². The Hall–Kier alpha value is -1.71. The molecule has 3 heteroatoms. The zero-order chi connectivity index (χ0) is 14.4. The molecule has 3 aromatic carbocycles. The average Bonchev–Trinajstić information content (AvgIpc) is 2.86. The Morgan fingerprint density at radius 2 is 1.62 bits per heavy atom. The average molecular weight is 357 g/mol. The number of thiophene rings is 1. The fourth-order valence-corrected chi connectivity index (χ4v) is 4.23. The third kappa shape index (κ3) is 2.08. The van der Waals surface area contributed by atoms with Crippen molar-refractivity contribution < 1.29 is 4.39 Å². The quantitative estimate of drug-likeness (QED) is 0.359. The van der Waals surface area contributed by atoms with Crippen molar-refractivity contribution >= 4 is 47.4 Å². The van der Waals surface area contributed by atoms with Crippen LogP contribution in [0.25, 0.3) is 31.3 Å². The van der Waals surface area contributed by atoms with E-state index in [4.69, 9.17) is 0 Å². The van der Waals surface area contributed by atoms with Crippen LogP contribution in [0.2, 0.25) is 0 Å². The molecule has 0 aliphatic heterocycles. The van der Waals surface area contributed by atoms with Gasteiger partial charge in [-0.2, -0.15) is 0 Å². The van der Waals surface area contributed by atoms with Gasteiger partial charge in [-0.15, -0.1) is 11.3 Å². The molecule has 4 rings (SSSR count). The van der Waals surface area contributed by atoms with Crippen LogP contribution in [0.1, 0.15) is 0 Å². The van der Waals surface area contributed by atoms with E-state index >= 15 is 0 Å². The summed E-state index contributed by atoms with van der Waals surface area (Å²) in [5, 5.41) is 2.42. The Labute approximate surface area is 134 Å². The second-order valence-electron chi connectivity index (χ2n) is 4.90. The summed E-state index contributed by atoms with van der Waals surface area (Å²) in [6.45, 7) is 0. The molecule has 0 N–H and O–H groups in total. The molecule has 0 aliphatic carbocycles. The van der Waals surface area contributed by atoms with Gasteiger partial charge in [0.05, 0.1) is 0 Å². The summed E-state index contributed by atoms with van der Waals surface area (Å²) in [6.07, 6.45) is 0. The largest absolute Gasteiger partial charge is 0.206 e. The standard InChI is InChI=1S/C18H10BrFS/c19-11-8-9-12(16(20)10-11)14-5-3-6-15-13-4-1-2-7-17(13)21-18(14)15/h1-10H. The summed E-state index contributed by atoms with van der Waals surface area (Å²) in [6, 6.07) is 19.6. The van der Waals surface area contributed by atoms with E-state index in [1.54, 1.807) is 11.3 Å². The first-order valence-corrected chi connectivity index (χ1v) is 8.21. The van der Waals surface area contributed by atoms with Crippen molar-refractivity contribution in [2.45, 2.75) is 0 Å². The van der Waals surface area contributed by atoms with Crippen molar-refractivity contribution in [3.05, 3.63) is 71.0 Å². The SMILES string of the molecule is Fc1cc(Br)ccc1-c1cccc2c1sc1ccccc12. The first-order valence-electron chi connectivity index (χ1n) is 6.60. The van der Waals surface area contributed by atoms with E-state index in [1.807, 2.05) is 36.4 Å². The fourth-order valence-electron chi connectivity index (χ4n) is 2.67. The molecule has 0 amide bonds. The molecule has 0 spiro atoms. The summed E-state index contributed by atoms with van der Waals surface area (Å²) < 4.78 is 17.4. The molecule has 4 aromatic rings. The first-order chi connectivity index (χ1) is 10.2. The van der Waals surface area contributed by atoms with Crippen molar-refractivity contribution in [2.75, 3.05) is 0 Å². The van der Waals surface area contributed by atoms with Crippen molar-refractivity contribution in [1.29, 1.82) is 0 Å². The predicted octanol–water partition coefficient (Wildman–Crippen LogP) is 6.62. The summed E-state index contributed by atoms with van der Waals surface area (Å²) in [4.78, 5) is 0. The summed E-state index contributed by atoms with van der Waals surface area (Å²) in [5.41, 5.74) is 1.61. The molecule has 0 bridgehead atoms. The Morgan fingerprint density at radius 3 is 2.48 bits per heavy atom. The molecule has 0 saturated carbocycles. The third-order valence-electron chi connectivity index (χ3n) is 3.63. The van der Waals surface area contributed by atoms with Crippen LogP contribution in [-0.4, -0.2) is 0 Å². The molecule has 0 fully saturated rings. The second kappa shape index (κ2) is 4.93. The molecule has 0 atom stereocenters. The van der Waals surface area contributed by atoms with E-state index in [9.17, 15) is 4.39 Å². The molecular weight excluding hydrogens is 347 g/mol. The minimum Gasteiger partial charge on any atom is -0.206 e. The molecule has 1 heterocycles. The lowest BCUT2D eigenvalue weighted by molar-refractivity contribution is 0.630. The van der Waals surface area contributed by atoms with E-state index in [1.165, 1.54) is 21.5 Å². The van der Waals surface area contributed by atoms with Gasteiger partial charge in [0.25, 0.3) is 0 Å². The van der Waals surface area contributed by atoms with E-state index in [2.05, 4.69) is 34.1 Å². The summed E-state index contributed by atoms with van der Waals surface area (Å²) >= 11 is 5.03. The molecule has 0 saturated heterocycles. The second-order valence-corrected chi connectivity index (χ2v) is 6.87. The number of halogens is 2. The highest BCUT2D eigenvalue weighted by atomic mass is 79.9. The van der Waals surface area contributed by atoms with Crippen molar-refractivity contribution in [3.63, 3.8) is 0 Å². The molecule has 0 radical (unpaired) electrons. The zero-order valence-corrected chi connectivity index (χ0v) is 13.3. The Bertz CT molecular complexity index is 971.